The summed E-state index contributed by atoms with van der Waals surface area (Å²) in [6.45, 7) is 9.72. The second kappa shape index (κ2) is 7.76. The van der Waals surface area contributed by atoms with E-state index in [4.69, 9.17) is 0 Å². The zero-order valence-electron chi connectivity index (χ0n) is 15.2. The molecule has 25 heavy (non-hydrogen) atoms. The van der Waals surface area contributed by atoms with Crippen molar-refractivity contribution in [3.63, 3.8) is 0 Å². The third-order valence-corrected chi connectivity index (χ3v) is 4.63. The number of rotatable bonds is 5. The average Bonchev–Trinajstić information content (AvgIpc) is 2.98. The van der Waals surface area contributed by atoms with Gasteiger partial charge in [0, 0.05) is 25.2 Å². The Morgan fingerprint density at radius 2 is 2.00 bits per heavy atom. The molecule has 0 saturated carbocycles. The number of hydrogen-bond acceptors (Lipinski definition) is 3. The maximum atomic E-state index is 13.4. The van der Waals surface area contributed by atoms with E-state index in [1.165, 1.54) is 0 Å². The van der Waals surface area contributed by atoms with Gasteiger partial charge in [0.05, 0.1) is 11.8 Å². The molecule has 1 aromatic rings. The van der Waals surface area contributed by atoms with Crippen LogP contribution in [-0.2, 0) is 6.18 Å². The molecule has 1 aromatic heterocycles. The van der Waals surface area contributed by atoms with Crippen molar-refractivity contribution in [2.45, 2.75) is 58.8 Å². The van der Waals surface area contributed by atoms with Gasteiger partial charge in [0.25, 0.3) is 5.91 Å². The van der Waals surface area contributed by atoms with Gasteiger partial charge >= 0.3 is 6.18 Å². The fraction of sp³-hybridized carbons (Fsp3) is 0.765. The molecule has 142 valence electrons. The SMILES string of the molecule is CC(C)N1CCCC(CNC(=O)c2cnn(C(C)C)c2C(F)(F)F)C1. The van der Waals surface area contributed by atoms with Crippen molar-refractivity contribution >= 4 is 5.91 Å². The van der Waals surface area contributed by atoms with Crippen LogP contribution < -0.4 is 5.32 Å². The Morgan fingerprint density at radius 3 is 2.56 bits per heavy atom. The molecule has 1 saturated heterocycles. The molecule has 2 heterocycles. The standard InChI is InChI=1S/C17H27F3N4O/c1-11(2)23-7-5-6-13(10-23)8-21-16(25)14-9-22-24(12(3)4)15(14)17(18,19)20/h9,11-13H,5-8,10H2,1-4H3,(H,21,25). The second-order valence-electron chi connectivity index (χ2n) is 7.25. The van der Waals surface area contributed by atoms with E-state index in [0.717, 1.165) is 36.8 Å². The minimum atomic E-state index is -4.62. The molecule has 1 atom stereocenters. The molecule has 0 bridgehead atoms. The zero-order chi connectivity index (χ0) is 18.8. The van der Waals surface area contributed by atoms with Crippen molar-refractivity contribution in [2.24, 2.45) is 5.92 Å². The van der Waals surface area contributed by atoms with Crippen molar-refractivity contribution in [1.29, 1.82) is 0 Å². The van der Waals surface area contributed by atoms with E-state index in [9.17, 15) is 18.0 Å². The zero-order valence-corrected chi connectivity index (χ0v) is 15.2. The van der Waals surface area contributed by atoms with Gasteiger partial charge in [0.1, 0.15) is 0 Å². The molecule has 1 unspecified atom stereocenters. The summed E-state index contributed by atoms with van der Waals surface area (Å²) in [5.74, 6) is -0.449. The van der Waals surface area contributed by atoms with E-state index >= 15 is 0 Å². The van der Waals surface area contributed by atoms with E-state index in [1.807, 2.05) is 0 Å². The van der Waals surface area contributed by atoms with E-state index in [2.05, 4.69) is 29.2 Å². The molecule has 5 nitrogen and oxygen atoms in total. The first kappa shape index (κ1) is 19.8. The summed E-state index contributed by atoms with van der Waals surface area (Å²) in [5.41, 5.74) is -1.38. The van der Waals surface area contributed by atoms with Gasteiger partial charge in [-0.25, -0.2) is 0 Å². The molecule has 1 aliphatic heterocycles. The highest BCUT2D eigenvalue weighted by Crippen LogP contribution is 2.33. The van der Waals surface area contributed by atoms with Crippen LogP contribution in [0.2, 0.25) is 0 Å². The molecule has 0 aromatic carbocycles. The number of hydrogen-bond donors (Lipinski definition) is 1. The van der Waals surface area contributed by atoms with Crippen LogP contribution in [0.3, 0.4) is 0 Å². The average molecular weight is 360 g/mol. The van der Waals surface area contributed by atoms with Crippen LogP contribution in [0.1, 0.15) is 62.6 Å². The Morgan fingerprint density at radius 1 is 1.32 bits per heavy atom. The molecule has 0 aliphatic carbocycles. The molecular weight excluding hydrogens is 333 g/mol. The van der Waals surface area contributed by atoms with Gasteiger partial charge in [-0.2, -0.15) is 18.3 Å². The fourth-order valence-corrected chi connectivity index (χ4v) is 3.27. The van der Waals surface area contributed by atoms with E-state index in [0.29, 0.717) is 12.6 Å². The number of carbonyl (C=O) groups is 1. The third-order valence-electron chi connectivity index (χ3n) is 4.63. The van der Waals surface area contributed by atoms with Crippen molar-refractivity contribution in [1.82, 2.24) is 20.0 Å². The number of likely N-dealkylation sites (tertiary alicyclic amines) is 1. The Hall–Kier alpha value is -1.57. The smallest absolute Gasteiger partial charge is 0.352 e. The molecular formula is C17H27F3N4O. The number of alkyl halides is 3. The number of amides is 1. The van der Waals surface area contributed by atoms with Crippen molar-refractivity contribution < 1.29 is 18.0 Å². The van der Waals surface area contributed by atoms with Gasteiger partial charge in [-0.05, 0) is 53.0 Å². The van der Waals surface area contributed by atoms with Crippen molar-refractivity contribution in [3.8, 4) is 0 Å². The van der Waals surface area contributed by atoms with Gasteiger partial charge in [0.2, 0.25) is 0 Å². The first-order valence-corrected chi connectivity index (χ1v) is 8.78. The highest BCUT2D eigenvalue weighted by Gasteiger charge is 2.40. The quantitative estimate of drug-likeness (QED) is 0.876. The Balaban J connectivity index is 2.06. The Bertz CT molecular complexity index is 595. The lowest BCUT2D eigenvalue weighted by atomic mass is 9.97. The van der Waals surface area contributed by atoms with Crippen LogP contribution in [0.15, 0.2) is 6.20 Å². The van der Waals surface area contributed by atoms with Crippen LogP contribution in [0.4, 0.5) is 13.2 Å². The van der Waals surface area contributed by atoms with Gasteiger partial charge in [-0.1, -0.05) is 0 Å². The summed E-state index contributed by atoms with van der Waals surface area (Å²) in [5, 5.41) is 6.43. The monoisotopic (exact) mass is 360 g/mol. The minimum Gasteiger partial charge on any atom is -0.352 e. The molecule has 1 fully saturated rings. The van der Waals surface area contributed by atoms with Gasteiger partial charge in [0.15, 0.2) is 5.69 Å². The van der Waals surface area contributed by atoms with E-state index < -0.39 is 29.4 Å². The molecule has 1 aliphatic rings. The first-order chi connectivity index (χ1) is 11.6. The van der Waals surface area contributed by atoms with Crippen LogP contribution in [0.5, 0.6) is 0 Å². The lowest BCUT2D eigenvalue weighted by Crippen LogP contribution is -2.43. The summed E-state index contributed by atoms with van der Waals surface area (Å²) in [7, 11) is 0. The predicted molar refractivity (Wildman–Crippen MR) is 89.4 cm³/mol. The number of nitrogens with one attached hydrogen (secondary N) is 1. The van der Waals surface area contributed by atoms with E-state index in [1.54, 1.807) is 13.8 Å². The maximum absolute atomic E-state index is 13.4. The van der Waals surface area contributed by atoms with Crippen molar-refractivity contribution in [2.75, 3.05) is 19.6 Å². The molecule has 2 rings (SSSR count). The first-order valence-electron chi connectivity index (χ1n) is 8.78. The topological polar surface area (TPSA) is 50.2 Å². The number of halogens is 3. The number of aromatic nitrogens is 2. The summed E-state index contributed by atoms with van der Waals surface area (Å²) in [6, 6.07) is -0.0456. The van der Waals surface area contributed by atoms with Crippen molar-refractivity contribution in [3.05, 3.63) is 17.5 Å². The summed E-state index contributed by atoms with van der Waals surface area (Å²) < 4.78 is 40.9. The minimum absolute atomic E-state index is 0.259. The van der Waals surface area contributed by atoms with Gasteiger partial charge in [-0.3, -0.25) is 9.48 Å². The number of carbonyl (C=O) groups excluding carboxylic acids is 1. The Labute approximate surface area is 146 Å². The highest BCUT2D eigenvalue weighted by atomic mass is 19.4. The molecule has 8 heteroatoms. The van der Waals surface area contributed by atoms with Gasteiger partial charge < -0.3 is 10.2 Å². The lowest BCUT2D eigenvalue weighted by molar-refractivity contribution is -0.145. The second-order valence-corrected chi connectivity index (χ2v) is 7.25. The third kappa shape index (κ3) is 4.74. The summed E-state index contributed by atoms with van der Waals surface area (Å²) >= 11 is 0. The number of piperidine rings is 1. The van der Waals surface area contributed by atoms with Crippen LogP contribution in [-0.4, -0.2) is 46.3 Å². The fourth-order valence-electron chi connectivity index (χ4n) is 3.27. The largest absolute Gasteiger partial charge is 0.433 e. The molecule has 0 spiro atoms. The normalized spacial score (nSPS) is 19.6. The maximum Gasteiger partial charge on any atom is 0.433 e. The highest BCUT2D eigenvalue weighted by molar-refractivity contribution is 5.95. The Kier molecular flexibility index (Phi) is 6.13. The predicted octanol–water partition coefficient (Wildman–Crippen LogP) is 3.33. The molecule has 0 radical (unpaired) electrons. The van der Waals surface area contributed by atoms with Crippen LogP contribution >= 0.6 is 0 Å². The lowest BCUT2D eigenvalue weighted by Gasteiger charge is -2.35. The van der Waals surface area contributed by atoms with Crippen LogP contribution in [0.25, 0.3) is 0 Å². The number of nitrogens with zero attached hydrogens (tertiary/aromatic N) is 3. The summed E-state index contributed by atoms with van der Waals surface area (Å²) in [6.07, 6.45) is -1.59. The molecule has 1 N–H and O–H groups in total. The molecule has 1 amide bonds. The van der Waals surface area contributed by atoms with E-state index in [-0.39, 0.29) is 5.92 Å². The summed E-state index contributed by atoms with van der Waals surface area (Å²) in [4.78, 5) is 14.7. The van der Waals surface area contributed by atoms with Crippen LogP contribution in [0, 0.1) is 5.92 Å². The van der Waals surface area contributed by atoms with Gasteiger partial charge in [-0.15, -0.1) is 0 Å².